The van der Waals surface area contributed by atoms with Crippen molar-refractivity contribution in [3.63, 3.8) is 0 Å². The highest BCUT2D eigenvalue weighted by atomic mass is 127. The van der Waals surface area contributed by atoms with Crippen LogP contribution in [0.4, 0.5) is 0 Å². The summed E-state index contributed by atoms with van der Waals surface area (Å²) in [5, 5.41) is 2.06. The number of hydrogen-bond acceptors (Lipinski definition) is 4. The van der Waals surface area contributed by atoms with Crippen LogP contribution in [0.2, 0.25) is 0 Å². The van der Waals surface area contributed by atoms with Crippen LogP contribution in [0.3, 0.4) is 0 Å². The maximum atomic E-state index is 5.54. The number of halogens is 1. The maximum absolute atomic E-state index is 5.54. The number of aromatic nitrogens is 1. The minimum absolute atomic E-state index is 0.571. The lowest BCUT2D eigenvalue weighted by Crippen LogP contribution is -2.02. The molecule has 3 nitrogen and oxygen atoms in total. The topological polar surface area (TPSA) is 52.0 Å². The molecule has 14 heavy (non-hydrogen) atoms. The molecular weight excluding hydrogens is 311 g/mol. The Morgan fingerprint density at radius 1 is 1.57 bits per heavy atom. The number of oxazole rings is 1. The number of rotatable bonds is 3. The zero-order valence-electron chi connectivity index (χ0n) is 7.37. The van der Waals surface area contributed by atoms with E-state index in [-0.39, 0.29) is 0 Å². The molecule has 0 saturated heterocycles. The highest BCUT2D eigenvalue weighted by Gasteiger charge is 2.07. The Labute approximate surface area is 99.5 Å². The van der Waals surface area contributed by atoms with Gasteiger partial charge in [-0.1, -0.05) is 0 Å². The summed E-state index contributed by atoms with van der Waals surface area (Å²) in [5.41, 5.74) is 6.51. The van der Waals surface area contributed by atoms with E-state index in [0.29, 0.717) is 18.9 Å². The van der Waals surface area contributed by atoms with Crippen molar-refractivity contribution in [2.24, 2.45) is 5.73 Å². The summed E-state index contributed by atoms with van der Waals surface area (Å²) in [5.74, 6) is 1.54. The van der Waals surface area contributed by atoms with Gasteiger partial charge in [0.05, 0.1) is 9.08 Å². The first-order chi connectivity index (χ1) is 6.79. The van der Waals surface area contributed by atoms with Crippen LogP contribution in [-0.4, -0.2) is 11.5 Å². The van der Waals surface area contributed by atoms with Crippen LogP contribution in [0.5, 0.6) is 0 Å². The number of thiophene rings is 1. The van der Waals surface area contributed by atoms with E-state index in [2.05, 4.69) is 39.0 Å². The summed E-state index contributed by atoms with van der Waals surface area (Å²) in [6, 6.07) is 2.08. The molecule has 0 amide bonds. The van der Waals surface area contributed by atoms with Gasteiger partial charge in [-0.05, 0) is 28.7 Å². The average Bonchev–Trinajstić information content (AvgIpc) is 2.74. The Balaban J connectivity index is 2.24. The fourth-order valence-corrected chi connectivity index (χ4v) is 2.46. The number of nitrogens with two attached hydrogens (primary N) is 1. The van der Waals surface area contributed by atoms with Crippen molar-refractivity contribution in [3.8, 4) is 11.3 Å². The fourth-order valence-electron chi connectivity index (χ4n) is 1.12. The minimum atomic E-state index is 0.571. The summed E-state index contributed by atoms with van der Waals surface area (Å²) in [6.07, 6.45) is 2.45. The molecule has 0 bridgehead atoms. The molecule has 0 unspecified atom stereocenters. The van der Waals surface area contributed by atoms with Crippen molar-refractivity contribution in [2.45, 2.75) is 6.42 Å². The maximum Gasteiger partial charge on any atom is 0.196 e. The molecule has 2 heterocycles. The third kappa shape index (κ3) is 2.15. The predicted octanol–water partition coefficient (Wildman–Crippen LogP) is 2.51. The largest absolute Gasteiger partial charge is 0.441 e. The molecule has 74 valence electrons. The van der Waals surface area contributed by atoms with E-state index in [9.17, 15) is 0 Å². The molecule has 0 radical (unpaired) electrons. The Morgan fingerprint density at radius 3 is 3.07 bits per heavy atom. The van der Waals surface area contributed by atoms with Crippen molar-refractivity contribution in [1.29, 1.82) is 0 Å². The van der Waals surface area contributed by atoms with Crippen LogP contribution in [0.1, 0.15) is 5.89 Å². The summed E-state index contributed by atoms with van der Waals surface area (Å²) in [7, 11) is 0. The Hall–Kier alpha value is -0.400. The van der Waals surface area contributed by atoms with Crippen LogP contribution >= 0.6 is 33.9 Å². The molecule has 5 heteroatoms. The molecule has 2 rings (SSSR count). The molecule has 0 aliphatic carbocycles. The van der Waals surface area contributed by atoms with E-state index in [4.69, 9.17) is 10.2 Å². The quantitative estimate of drug-likeness (QED) is 0.884. The first-order valence-electron chi connectivity index (χ1n) is 4.19. The summed E-state index contributed by atoms with van der Waals surface area (Å²) >= 11 is 3.98. The molecule has 0 fully saturated rings. The fraction of sp³-hybridized carbons (Fsp3) is 0.222. The highest BCUT2D eigenvalue weighted by molar-refractivity contribution is 14.1. The Bertz CT molecular complexity index is 424. The van der Waals surface area contributed by atoms with Gasteiger partial charge < -0.3 is 10.2 Å². The molecule has 0 spiro atoms. The molecular formula is C9H9IN2OS. The third-order valence-electron chi connectivity index (χ3n) is 1.76. The van der Waals surface area contributed by atoms with E-state index in [1.165, 1.54) is 2.88 Å². The normalized spacial score (nSPS) is 10.7. The standard InChI is InChI=1S/C9H9IN2OS/c10-8-3-6(5-14-8)7-4-12-9(13-7)1-2-11/h3-5H,1-2,11H2. The van der Waals surface area contributed by atoms with E-state index in [0.717, 1.165) is 11.3 Å². The lowest BCUT2D eigenvalue weighted by Gasteiger charge is -1.89. The summed E-state index contributed by atoms with van der Waals surface area (Å²) in [4.78, 5) is 4.15. The molecule has 0 atom stereocenters. The second kappa shape index (κ2) is 4.41. The number of hydrogen-bond donors (Lipinski definition) is 1. The molecule has 0 aliphatic heterocycles. The molecule has 2 aromatic rings. The number of nitrogens with zero attached hydrogens (tertiary/aromatic N) is 1. The second-order valence-electron chi connectivity index (χ2n) is 2.80. The molecule has 2 aromatic heterocycles. The van der Waals surface area contributed by atoms with Crippen LogP contribution in [-0.2, 0) is 6.42 Å². The minimum Gasteiger partial charge on any atom is -0.441 e. The predicted molar refractivity (Wildman–Crippen MR) is 65.3 cm³/mol. The lowest BCUT2D eigenvalue weighted by molar-refractivity contribution is 0.508. The first kappa shape index (κ1) is 10.1. The second-order valence-corrected chi connectivity index (χ2v) is 5.60. The third-order valence-corrected chi connectivity index (χ3v) is 3.55. The molecule has 2 N–H and O–H groups in total. The monoisotopic (exact) mass is 320 g/mol. The Kier molecular flexibility index (Phi) is 3.19. The lowest BCUT2D eigenvalue weighted by atomic mass is 10.3. The van der Waals surface area contributed by atoms with Gasteiger partial charge in [0.1, 0.15) is 0 Å². The Morgan fingerprint density at radius 2 is 2.43 bits per heavy atom. The van der Waals surface area contributed by atoms with Crippen LogP contribution in [0, 0.1) is 2.88 Å². The van der Waals surface area contributed by atoms with Gasteiger partial charge in [0.15, 0.2) is 11.7 Å². The van der Waals surface area contributed by atoms with Gasteiger partial charge in [0.25, 0.3) is 0 Å². The molecule has 0 aromatic carbocycles. The highest BCUT2D eigenvalue weighted by Crippen LogP contribution is 2.26. The average molecular weight is 320 g/mol. The van der Waals surface area contributed by atoms with E-state index < -0.39 is 0 Å². The first-order valence-corrected chi connectivity index (χ1v) is 6.14. The van der Waals surface area contributed by atoms with Gasteiger partial charge >= 0.3 is 0 Å². The summed E-state index contributed by atoms with van der Waals surface area (Å²) < 4.78 is 6.78. The van der Waals surface area contributed by atoms with Crippen LogP contribution in [0.15, 0.2) is 22.1 Å². The van der Waals surface area contributed by atoms with Gasteiger partial charge in [-0.25, -0.2) is 4.98 Å². The van der Waals surface area contributed by atoms with Gasteiger partial charge in [-0.15, -0.1) is 11.3 Å². The molecule has 0 aliphatic rings. The van der Waals surface area contributed by atoms with E-state index >= 15 is 0 Å². The van der Waals surface area contributed by atoms with Crippen molar-refractivity contribution in [1.82, 2.24) is 4.98 Å². The van der Waals surface area contributed by atoms with Crippen molar-refractivity contribution in [3.05, 3.63) is 26.4 Å². The summed E-state index contributed by atoms with van der Waals surface area (Å²) in [6.45, 7) is 0.571. The van der Waals surface area contributed by atoms with E-state index in [1.54, 1.807) is 17.5 Å². The van der Waals surface area contributed by atoms with Gasteiger partial charge in [-0.2, -0.15) is 0 Å². The van der Waals surface area contributed by atoms with E-state index in [1.807, 2.05) is 0 Å². The van der Waals surface area contributed by atoms with Crippen LogP contribution < -0.4 is 5.73 Å². The van der Waals surface area contributed by atoms with Gasteiger partial charge in [-0.3, -0.25) is 0 Å². The smallest absolute Gasteiger partial charge is 0.196 e. The van der Waals surface area contributed by atoms with Gasteiger partial charge in [0.2, 0.25) is 0 Å². The zero-order chi connectivity index (χ0) is 9.97. The van der Waals surface area contributed by atoms with Crippen molar-refractivity contribution in [2.75, 3.05) is 6.54 Å². The van der Waals surface area contributed by atoms with Crippen LogP contribution in [0.25, 0.3) is 11.3 Å². The molecule has 0 saturated carbocycles. The van der Waals surface area contributed by atoms with Gasteiger partial charge in [0, 0.05) is 23.9 Å². The van der Waals surface area contributed by atoms with Crippen molar-refractivity contribution < 1.29 is 4.42 Å². The SMILES string of the molecule is NCCc1ncc(-c2csc(I)c2)o1. The zero-order valence-corrected chi connectivity index (χ0v) is 10.3. The van der Waals surface area contributed by atoms with Crippen molar-refractivity contribution >= 4 is 33.9 Å².